The van der Waals surface area contributed by atoms with Gasteiger partial charge in [-0.2, -0.15) is 0 Å². The molecule has 4 rings (SSSR count). The molecular weight excluding hydrogens is 376 g/mol. The van der Waals surface area contributed by atoms with Crippen molar-refractivity contribution in [2.24, 2.45) is 0 Å². The number of hydrogen-bond acceptors (Lipinski definition) is 4. The second-order valence-electron chi connectivity index (χ2n) is 6.85. The predicted molar refractivity (Wildman–Crippen MR) is 108 cm³/mol. The lowest BCUT2D eigenvalue weighted by Crippen LogP contribution is -2.17. The van der Waals surface area contributed by atoms with Gasteiger partial charge in [-0.05, 0) is 69.0 Å². The third-order valence-corrected chi connectivity index (χ3v) is 5.03. The van der Waals surface area contributed by atoms with Gasteiger partial charge >= 0.3 is 0 Å². The first-order valence-electron chi connectivity index (χ1n) is 9.37. The molecule has 0 atom stereocenters. The van der Waals surface area contributed by atoms with E-state index in [1.54, 1.807) is 23.7 Å². The minimum atomic E-state index is -0.377. The lowest BCUT2D eigenvalue weighted by atomic mass is 10.2. The lowest BCUT2D eigenvalue weighted by Gasteiger charge is -2.16. The summed E-state index contributed by atoms with van der Waals surface area (Å²) in [5.41, 5.74) is 1.42. The molecule has 1 N–H and O–H groups in total. The maximum absolute atomic E-state index is 12.7. The number of rotatable bonds is 5. The number of hydrogen-bond donors (Lipinski definition) is 1. The van der Waals surface area contributed by atoms with Gasteiger partial charge in [-0.3, -0.25) is 4.79 Å². The van der Waals surface area contributed by atoms with Crippen molar-refractivity contribution in [1.29, 1.82) is 0 Å². The van der Waals surface area contributed by atoms with Crippen LogP contribution in [-0.4, -0.2) is 26.8 Å². The van der Waals surface area contributed by atoms with Crippen LogP contribution in [0.3, 0.4) is 0 Å². The Kier molecular flexibility index (Phi) is 5.30. The molecule has 3 aromatic rings. The van der Waals surface area contributed by atoms with Crippen LogP contribution < -0.4 is 10.1 Å². The Hall–Kier alpha value is -2.86. The quantitative estimate of drug-likeness (QED) is 0.672. The number of carbonyl (C=O) groups is 1. The van der Waals surface area contributed by atoms with E-state index in [1.165, 1.54) is 12.8 Å². The van der Waals surface area contributed by atoms with E-state index in [0.29, 0.717) is 22.3 Å². The maximum Gasteiger partial charge on any atom is 0.295 e. The third kappa shape index (κ3) is 4.02. The molecule has 1 fully saturated rings. The molecule has 1 aromatic heterocycles. The van der Waals surface area contributed by atoms with E-state index in [2.05, 4.69) is 15.4 Å². The van der Waals surface area contributed by atoms with Crippen LogP contribution in [0.5, 0.6) is 5.75 Å². The number of carbonyl (C=O) groups excluding carboxylic acids is 1. The van der Waals surface area contributed by atoms with Crippen molar-refractivity contribution in [1.82, 2.24) is 14.8 Å². The number of halogens is 1. The van der Waals surface area contributed by atoms with E-state index in [-0.39, 0.29) is 17.8 Å². The number of amides is 1. The van der Waals surface area contributed by atoms with Crippen LogP contribution in [0.4, 0.5) is 5.69 Å². The van der Waals surface area contributed by atoms with Gasteiger partial charge < -0.3 is 10.1 Å². The standard InChI is InChI=1S/C21H21ClN4O2/c1-14-23-20(25-26(14)16-12-10-15(22)11-13-16)21(27)24-18-8-4-5-9-19(18)28-17-6-2-3-7-17/h4-5,8-13,17H,2-3,6-7H2,1H3,(H,24,27). The van der Waals surface area contributed by atoms with Gasteiger partial charge in [0.1, 0.15) is 11.6 Å². The van der Waals surface area contributed by atoms with Crippen molar-refractivity contribution >= 4 is 23.2 Å². The lowest BCUT2D eigenvalue weighted by molar-refractivity contribution is 0.101. The molecule has 1 amide bonds. The van der Waals surface area contributed by atoms with Crippen molar-refractivity contribution in [2.75, 3.05) is 5.32 Å². The normalized spacial score (nSPS) is 14.2. The van der Waals surface area contributed by atoms with Gasteiger partial charge in [0.25, 0.3) is 5.91 Å². The number of nitrogens with zero attached hydrogens (tertiary/aromatic N) is 3. The second-order valence-corrected chi connectivity index (χ2v) is 7.28. The number of para-hydroxylation sites is 2. The SMILES string of the molecule is Cc1nc(C(=O)Nc2ccccc2OC2CCCC2)nn1-c1ccc(Cl)cc1. The molecule has 0 aliphatic heterocycles. The number of ether oxygens (including phenoxy) is 1. The molecular formula is C21H21ClN4O2. The van der Waals surface area contributed by atoms with Gasteiger partial charge in [0.05, 0.1) is 17.5 Å². The van der Waals surface area contributed by atoms with Crippen molar-refractivity contribution in [3.05, 3.63) is 65.2 Å². The fraction of sp³-hybridized carbons (Fsp3) is 0.286. The summed E-state index contributed by atoms with van der Waals surface area (Å²) in [6.07, 6.45) is 4.68. The average molecular weight is 397 g/mol. The summed E-state index contributed by atoms with van der Waals surface area (Å²) in [5.74, 6) is 1.01. The molecule has 28 heavy (non-hydrogen) atoms. The molecule has 2 aromatic carbocycles. The van der Waals surface area contributed by atoms with Crippen LogP contribution in [0.1, 0.15) is 42.1 Å². The molecule has 1 heterocycles. The van der Waals surface area contributed by atoms with Gasteiger partial charge in [0.15, 0.2) is 0 Å². The van der Waals surface area contributed by atoms with E-state index < -0.39 is 0 Å². The van der Waals surface area contributed by atoms with Crippen LogP contribution in [0.15, 0.2) is 48.5 Å². The molecule has 6 nitrogen and oxygen atoms in total. The minimum absolute atomic E-state index is 0.100. The summed E-state index contributed by atoms with van der Waals surface area (Å²) in [7, 11) is 0. The van der Waals surface area contributed by atoms with E-state index in [9.17, 15) is 4.79 Å². The second kappa shape index (κ2) is 8.02. The van der Waals surface area contributed by atoms with Crippen molar-refractivity contribution in [3.63, 3.8) is 0 Å². The molecule has 1 aliphatic carbocycles. The highest BCUT2D eigenvalue weighted by atomic mass is 35.5. The first kappa shape index (κ1) is 18.5. The molecule has 0 saturated heterocycles. The van der Waals surface area contributed by atoms with Gasteiger partial charge in [0, 0.05) is 5.02 Å². The zero-order chi connectivity index (χ0) is 19.5. The van der Waals surface area contributed by atoms with Crippen LogP contribution in [-0.2, 0) is 0 Å². The van der Waals surface area contributed by atoms with Crippen LogP contribution in [0.2, 0.25) is 5.02 Å². The molecule has 1 aliphatic rings. The topological polar surface area (TPSA) is 69.0 Å². The maximum atomic E-state index is 12.7. The molecule has 7 heteroatoms. The van der Waals surface area contributed by atoms with Crippen molar-refractivity contribution in [2.45, 2.75) is 38.7 Å². The number of aromatic nitrogens is 3. The largest absolute Gasteiger partial charge is 0.488 e. The van der Waals surface area contributed by atoms with Crippen LogP contribution in [0, 0.1) is 6.92 Å². The zero-order valence-electron chi connectivity index (χ0n) is 15.6. The fourth-order valence-electron chi connectivity index (χ4n) is 3.35. The molecule has 1 saturated carbocycles. The first-order chi connectivity index (χ1) is 13.6. The number of anilines is 1. The van der Waals surface area contributed by atoms with Crippen molar-refractivity contribution < 1.29 is 9.53 Å². The Labute approximate surface area is 168 Å². The Morgan fingerprint density at radius 1 is 1.14 bits per heavy atom. The Morgan fingerprint density at radius 2 is 1.86 bits per heavy atom. The van der Waals surface area contributed by atoms with Gasteiger partial charge in [0.2, 0.25) is 5.82 Å². The first-order valence-corrected chi connectivity index (χ1v) is 9.74. The summed E-state index contributed by atoms with van der Waals surface area (Å²) in [5, 5.41) is 7.86. The molecule has 0 bridgehead atoms. The van der Waals surface area contributed by atoms with Gasteiger partial charge in [-0.25, -0.2) is 9.67 Å². The summed E-state index contributed by atoms with van der Waals surface area (Å²) in [6, 6.07) is 14.7. The average Bonchev–Trinajstić information content (AvgIpc) is 3.34. The summed E-state index contributed by atoms with van der Waals surface area (Å²) in [4.78, 5) is 17.0. The zero-order valence-corrected chi connectivity index (χ0v) is 16.3. The van der Waals surface area contributed by atoms with Crippen LogP contribution >= 0.6 is 11.6 Å². The highest BCUT2D eigenvalue weighted by Crippen LogP contribution is 2.30. The van der Waals surface area contributed by atoms with E-state index in [0.717, 1.165) is 18.5 Å². The highest BCUT2D eigenvalue weighted by Gasteiger charge is 2.20. The number of nitrogens with one attached hydrogen (secondary N) is 1. The Balaban J connectivity index is 1.53. The number of aryl methyl sites for hydroxylation is 1. The fourth-order valence-corrected chi connectivity index (χ4v) is 3.48. The Bertz CT molecular complexity index is 978. The smallest absolute Gasteiger partial charge is 0.295 e. The molecule has 0 spiro atoms. The van der Waals surface area contributed by atoms with E-state index in [1.807, 2.05) is 36.4 Å². The predicted octanol–water partition coefficient (Wildman–Crippen LogP) is 4.80. The molecule has 0 radical (unpaired) electrons. The van der Waals surface area contributed by atoms with Crippen molar-refractivity contribution in [3.8, 4) is 11.4 Å². The molecule has 144 valence electrons. The van der Waals surface area contributed by atoms with E-state index >= 15 is 0 Å². The van der Waals surface area contributed by atoms with Crippen LogP contribution in [0.25, 0.3) is 5.69 Å². The molecule has 0 unspecified atom stereocenters. The monoisotopic (exact) mass is 396 g/mol. The Morgan fingerprint density at radius 3 is 2.61 bits per heavy atom. The summed E-state index contributed by atoms with van der Waals surface area (Å²) in [6.45, 7) is 1.80. The van der Waals surface area contributed by atoms with Gasteiger partial charge in [-0.1, -0.05) is 23.7 Å². The van der Waals surface area contributed by atoms with Gasteiger partial charge in [-0.15, -0.1) is 5.10 Å². The third-order valence-electron chi connectivity index (χ3n) is 4.77. The highest BCUT2D eigenvalue weighted by molar-refractivity contribution is 6.30. The summed E-state index contributed by atoms with van der Waals surface area (Å²) >= 11 is 5.94. The summed E-state index contributed by atoms with van der Waals surface area (Å²) < 4.78 is 7.70. The van der Waals surface area contributed by atoms with E-state index in [4.69, 9.17) is 16.3 Å². The minimum Gasteiger partial charge on any atom is -0.488 e. The number of benzene rings is 2.